The minimum atomic E-state index is -0.0894. The summed E-state index contributed by atoms with van der Waals surface area (Å²) in [7, 11) is 0. The van der Waals surface area contributed by atoms with E-state index in [-0.39, 0.29) is 23.8 Å². The second kappa shape index (κ2) is 7.57. The summed E-state index contributed by atoms with van der Waals surface area (Å²) in [5.74, 6) is 0.857. The van der Waals surface area contributed by atoms with Gasteiger partial charge in [0.1, 0.15) is 5.75 Å². The molecular formula is C17H25NO3. The van der Waals surface area contributed by atoms with Crippen molar-refractivity contribution in [3.05, 3.63) is 29.8 Å². The van der Waals surface area contributed by atoms with Crippen molar-refractivity contribution < 1.29 is 14.3 Å². The Hall–Kier alpha value is -1.39. The van der Waals surface area contributed by atoms with Gasteiger partial charge in [-0.2, -0.15) is 0 Å². The summed E-state index contributed by atoms with van der Waals surface area (Å²) in [5.41, 5.74) is 0.727. The van der Waals surface area contributed by atoms with E-state index in [0.717, 1.165) is 24.3 Å². The van der Waals surface area contributed by atoms with Gasteiger partial charge < -0.3 is 14.8 Å². The number of carbonyl (C=O) groups excluding carboxylic acids is 1. The fourth-order valence-corrected chi connectivity index (χ4v) is 2.53. The summed E-state index contributed by atoms with van der Waals surface area (Å²) in [4.78, 5) is 12.6. The van der Waals surface area contributed by atoms with Crippen LogP contribution in [-0.2, 0) is 4.74 Å². The number of carbonyl (C=O) groups is 1. The van der Waals surface area contributed by atoms with E-state index in [2.05, 4.69) is 12.2 Å². The van der Waals surface area contributed by atoms with Gasteiger partial charge in [0, 0.05) is 11.6 Å². The van der Waals surface area contributed by atoms with Crippen LogP contribution in [0.2, 0.25) is 0 Å². The number of ether oxygens (including phenoxy) is 2. The normalized spacial score (nSPS) is 21.7. The fourth-order valence-electron chi connectivity index (χ4n) is 2.53. The van der Waals surface area contributed by atoms with Crippen molar-refractivity contribution >= 4 is 5.78 Å². The minimum Gasteiger partial charge on any atom is -0.491 e. The Morgan fingerprint density at radius 3 is 2.67 bits per heavy atom. The van der Waals surface area contributed by atoms with E-state index in [1.165, 1.54) is 0 Å². The molecule has 1 N–H and O–H groups in total. The van der Waals surface area contributed by atoms with Gasteiger partial charge in [0.2, 0.25) is 0 Å². The zero-order valence-corrected chi connectivity index (χ0v) is 13.1. The number of nitrogens with one attached hydrogen (secondary N) is 1. The molecular weight excluding hydrogens is 266 g/mol. The third-order valence-electron chi connectivity index (χ3n) is 3.58. The first-order valence-corrected chi connectivity index (χ1v) is 7.74. The van der Waals surface area contributed by atoms with Crippen molar-refractivity contribution in [3.8, 4) is 5.75 Å². The van der Waals surface area contributed by atoms with Gasteiger partial charge in [-0.25, -0.2) is 0 Å². The molecule has 0 aliphatic carbocycles. The third kappa shape index (κ3) is 4.29. The van der Waals surface area contributed by atoms with Crippen molar-refractivity contribution in [2.24, 2.45) is 5.92 Å². The van der Waals surface area contributed by atoms with Crippen LogP contribution in [0.5, 0.6) is 5.75 Å². The van der Waals surface area contributed by atoms with Crippen molar-refractivity contribution in [1.82, 2.24) is 5.32 Å². The number of hydrogen-bond acceptors (Lipinski definition) is 4. The Balaban J connectivity index is 2.01. The molecule has 0 aromatic heterocycles. The van der Waals surface area contributed by atoms with E-state index in [1.54, 1.807) is 0 Å². The maximum Gasteiger partial charge on any atom is 0.169 e. The van der Waals surface area contributed by atoms with Gasteiger partial charge in [0.25, 0.3) is 0 Å². The van der Waals surface area contributed by atoms with Crippen LogP contribution in [0.15, 0.2) is 24.3 Å². The number of benzene rings is 1. The smallest absolute Gasteiger partial charge is 0.169 e. The molecule has 0 radical (unpaired) electrons. The Bertz CT molecular complexity index is 456. The van der Waals surface area contributed by atoms with Crippen LogP contribution in [0.4, 0.5) is 0 Å². The molecule has 2 atom stereocenters. The average molecular weight is 291 g/mol. The number of ketones is 1. The van der Waals surface area contributed by atoms with Gasteiger partial charge in [-0.3, -0.25) is 4.79 Å². The minimum absolute atomic E-state index is 0.0894. The van der Waals surface area contributed by atoms with Crippen molar-refractivity contribution in [3.63, 3.8) is 0 Å². The Morgan fingerprint density at radius 2 is 2.05 bits per heavy atom. The van der Waals surface area contributed by atoms with Gasteiger partial charge in [0.05, 0.1) is 25.2 Å². The highest BCUT2D eigenvalue weighted by Crippen LogP contribution is 2.21. The topological polar surface area (TPSA) is 47.6 Å². The number of rotatable bonds is 7. The highest BCUT2D eigenvalue weighted by Gasteiger charge is 2.33. The van der Waals surface area contributed by atoms with Crippen molar-refractivity contribution in [2.45, 2.75) is 39.3 Å². The molecule has 1 fully saturated rings. The summed E-state index contributed by atoms with van der Waals surface area (Å²) in [6.45, 7) is 8.12. The van der Waals surface area contributed by atoms with Gasteiger partial charge in [-0.15, -0.1) is 0 Å². The van der Waals surface area contributed by atoms with E-state index in [0.29, 0.717) is 13.2 Å². The molecule has 0 amide bonds. The van der Waals surface area contributed by atoms with Crippen molar-refractivity contribution in [1.29, 1.82) is 0 Å². The summed E-state index contributed by atoms with van der Waals surface area (Å²) in [6.07, 6.45) is 1.19. The predicted octanol–water partition coefficient (Wildman–Crippen LogP) is 2.67. The van der Waals surface area contributed by atoms with E-state index in [4.69, 9.17) is 9.47 Å². The highest BCUT2D eigenvalue weighted by molar-refractivity contribution is 5.98. The summed E-state index contributed by atoms with van der Waals surface area (Å²) >= 11 is 0. The predicted molar refractivity (Wildman–Crippen MR) is 82.9 cm³/mol. The third-order valence-corrected chi connectivity index (χ3v) is 3.58. The highest BCUT2D eigenvalue weighted by atomic mass is 16.5. The van der Waals surface area contributed by atoms with Crippen molar-refractivity contribution in [2.75, 3.05) is 19.8 Å². The SMILES string of the molecule is CCCNC1COCC1C(=O)c1ccc(OC(C)C)cc1. The molecule has 2 unspecified atom stereocenters. The molecule has 1 aromatic rings. The summed E-state index contributed by atoms with van der Waals surface area (Å²) in [5, 5.41) is 3.40. The van der Waals surface area contributed by atoms with E-state index < -0.39 is 0 Å². The van der Waals surface area contributed by atoms with Gasteiger partial charge in [0.15, 0.2) is 5.78 Å². The monoisotopic (exact) mass is 291 g/mol. The van der Waals surface area contributed by atoms with Crippen LogP contribution < -0.4 is 10.1 Å². The van der Waals surface area contributed by atoms with Crippen LogP contribution >= 0.6 is 0 Å². The summed E-state index contributed by atoms with van der Waals surface area (Å²) in [6, 6.07) is 7.53. The molecule has 4 heteroatoms. The number of hydrogen-bond donors (Lipinski definition) is 1. The maximum absolute atomic E-state index is 12.6. The zero-order valence-electron chi connectivity index (χ0n) is 13.1. The fraction of sp³-hybridized carbons (Fsp3) is 0.588. The van der Waals surface area contributed by atoms with Crippen LogP contribution in [0.25, 0.3) is 0 Å². The average Bonchev–Trinajstić information content (AvgIpc) is 2.93. The van der Waals surface area contributed by atoms with Crippen LogP contribution in [0.1, 0.15) is 37.6 Å². The quantitative estimate of drug-likeness (QED) is 0.785. The van der Waals surface area contributed by atoms with E-state index in [1.807, 2.05) is 38.1 Å². The standard InChI is InChI=1S/C17H25NO3/c1-4-9-18-16-11-20-10-15(16)17(19)13-5-7-14(8-6-13)21-12(2)3/h5-8,12,15-16,18H,4,9-11H2,1-3H3. The lowest BCUT2D eigenvalue weighted by molar-refractivity contribution is 0.0891. The van der Waals surface area contributed by atoms with E-state index in [9.17, 15) is 4.79 Å². The van der Waals surface area contributed by atoms with Gasteiger partial charge in [-0.1, -0.05) is 6.92 Å². The summed E-state index contributed by atoms with van der Waals surface area (Å²) < 4.78 is 11.1. The Labute approximate surface area is 126 Å². The Morgan fingerprint density at radius 1 is 1.33 bits per heavy atom. The first kappa shape index (κ1) is 16.0. The molecule has 1 heterocycles. The molecule has 0 saturated carbocycles. The molecule has 21 heavy (non-hydrogen) atoms. The van der Waals surface area contributed by atoms with E-state index >= 15 is 0 Å². The first-order valence-electron chi connectivity index (χ1n) is 7.74. The molecule has 4 nitrogen and oxygen atoms in total. The number of Topliss-reactive ketones (excluding diaryl/α,β-unsaturated/α-hetero) is 1. The first-order chi connectivity index (χ1) is 10.1. The molecule has 2 rings (SSSR count). The maximum atomic E-state index is 12.6. The van der Waals surface area contributed by atoms with Gasteiger partial charge >= 0.3 is 0 Å². The zero-order chi connectivity index (χ0) is 15.2. The lowest BCUT2D eigenvalue weighted by Crippen LogP contribution is -2.39. The lowest BCUT2D eigenvalue weighted by Gasteiger charge is -2.18. The molecule has 1 aliphatic heterocycles. The second-order valence-corrected chi connectivity index (χ2v) is 5.76. The largest absolute Gasteiger partial charge is 0.491 e. The molecule has 1 aliphatic rings. The molecule has 1 aromatic carbocycles. The van der Waals surface area contributed by atoms with Gasteiger partial charge in [-0.05, 0) is 51.1 Å². The van der Waals surface area contributed by atoms with Crippen LogP contribution in [-0.4, -0.2) is 37.7 Å². The lowest BCUT2D eigenvalue weighted by atomic mass is 9.93. The van der Waals surface area contributed by atoms with Crippen LogP contribution in [0.3, 0.4) is 0 Å². The molecule has 0 bridgehead atoms. The molecule has 0 spiro atoms. The van der Waals surface area contributed by atoms with Crippen LogP contribution in [0, 0.1) is 5.92 Å². The molecule has 1 saturated heterocycles. The molecule has 116 valence electrons. The second-order valence-electron chi connectivity index (χ2n) is 5.76. The Kier molecular flexibility index (Phi) is 5.76.